The molecule has 5 heteroatoms. The van der Waals surface area contributed by atoms with Gasteiger partial charge in [-0.05, 0) is 86.9 Å². The molecule has 0 N–H and O–H groups in total. The maximum Gasteiger partial charge on any atom is 0.240 e. The van der Waals surface area contributed by atoms with E-state index in [1.54, 1.807) is 12.1 Å². The number of rotatable bonds is 7. The molecule has 0 saturated heterocycles. The second-order valence-corrected chi connectivity index (χ2v) is 14.5. The molecule has 0 radical (unpaired) electrons. The van der Waals surface area contributed by atoms with Crippen LogP contribution in [0.15, 0.2) is 224 Å². The Balaban J connectivity index is 1.21. The summed E-state index contributed by atoms with van der Waals surface area (Å²) in [5.41, 5.74) is 5.98. The average Bonchev–Trinajstić information content (AvgIpc) is 4.24. The number of fused-ring (bicyclic) bond motifs is 6. The Morgan fingerprint density at radius 1 is 0.306 bits per heavy atom. The fourth-order valence-corrected chi connectivity index (χ4v) is 8.09. The van der Waals surface area contributed by atoms with Gasteiger partial charge in [-0.3, -0.25) is 9.13 Å². The summed E-state index contributed by atoms with van der Waals surface area (Å²) in [7, 11) is 0. The summed E-state index contributed by atoms with van der Waals surface area (Å²) < 4.78 is 146. The van der Waals surface area contributed by atoms with Crippen molar-refractivity contribution in [1.29, 1.82) is 0 Å². The van der Waals surface area contributed by atoms with E-state index < -0.39 is 109 Å². The molecule has 9 aromatic carbocycles. The van der Waals surface area contributed by atoms with Gasteiger partial charge in [-0.15, -0.1) is 0 Å². The van der Waals surface area contributed by atoms with Crippen LogP contribution < -0.4 is 0 Å². The van der Waals surface area contributed by atoms with Crippen LogP contribution in [0.4, 0.5) is 0 Å². The van der Waals surface area contributed by atoms with Gasteiger partial charge in [0, 0.05) is 27.1 Å². The van der Waals surface area contributed by atoms with Crippen LogP contribution in [0.1, 0.15) is 21.9 Å². The molecule has 0 saturated carbocycles. The van der Waals surface area contributed by atoms with Crippen molar-refractivity contribution >= 4 is 43.6 Å². The summed E-state index contributed by atoms with van der Waals surface area (Å²) in [6, 6.07) is 30.6. The van der Waals surface area contributed by atoms with Gasteiger partial charge in [0.05, 0.1) is 44.0 Å². The van der Waals surface area contributed by atoms with Crippen molar-refractivity contribution in [1.82, 2.24) is 24.1 Å². The average molecular weight is 808 g/mol. The van der Waals surface area contributed by atoms with Crippen LogP contribution in [0.25, 0.3) is 111 Å². The SMILES string of the molecule is [2H]c1c([2H])c([2H])c2c(c1[2H])c1c([2H])c([2H])c([2H])c([2H])c1n2-c1nc(-c2cc(-c3ccccc3)cc(-c3ccc(-c4ccccc4-c4ccccc4)cc3)c2)nc(-n2c3c([2H])c([2H])c([2H])c([2H])c3c3c([2H])c([2H])c([2H])c([2H])c32)n1. The molecule has 0 atom stereocenters. The molecule has 290 valence electrons. The van der Waals surface area contributed by atoms with Gasteiger partial charge in [0.25, 0.3) is 0 Å². The van der Waals surface area contributed by atoms with E-state index in [2.05, 4.69) is 24.3 Å². The smallest absolute Gasteiger partial charge is 0.240 e. The number of hydrogen-bond acceptors (Lipinski definition) is 3. The fourth-order valence-electron chi connectivity index (χ4n) is 8.09. The molecule has 0 aliphatic carbocycles. The Kier molecular flexibility index (Phi) is 5.41. The van der Waals surface area contributed by atoms with Crippen LogP contribution in [0.5, 0.6) is 0 Å². The third kappa shape index (κ3) is 5.98. The maximum atomic E-state index is 9.31. The van der Waals surface area contributed by atoms with E-state index in [0.717, 1.165) is 42.5 Å². The molecule has 12 aromatic rings. The first kappa shape index (κ1) is 22.8. The van der Waals surface area contributed by atoms with Gasteiger partial charge >= 0.3 is 0 Å². The number of hydrogen-bond donors (Lipinski definition) is 0. The molecule has 5 nitrogen and oxygen atoms in total. The summed E-state index contributed by atoms with van der Waals surface area (Å²) in [5, 5.41) is -1.07. The topological polar surface area (TPSA) is 48.5 Å². The predicted molar refractivity (Wildman–Crippen MR) is 256 cm³/mol. The standard InChI is InChI=1S/C57H37N5/c1-3-17-38(18-4-1)42-35-43(39-31-33-41(34-32-39)46-22-8-7-21-45(46)40-19-5-2-6-20-40)37-44(36-42)55-58-56(61-51-27-13-9-23-47(51)48-24-10-14-28-52(48)61)60-57(59-55)62-53-29-15-11-25-49(53)50-26-12-16-30-54(50)62/h1-37H/i9D,10D,11D,12D,13D,14D,15D,16D,23D,24D,25D,26D,27D,28D,29D,30D. The first-order chi connectivity index (χ1) is 37.4. The van der Waals surface area contributed by atoms with Crippen molar-refractivity contribution in [3.05, 3.63) is 224 Å². The lowest BCUT2D eigenvalue weighted by molar-refractivity contribution is 0.893. The lowest BCUT2D eigenvalue weighted by Crippen LogP contribution is -2.10. The summed E-state index contributed by atoms with van der Waals surface area (Å²) in [4.78, 5) is 14.8. The summed E-state index contributed by atoms with van der Waals surface area (Å²) in [6.07, 6.45) is 0. The molecule has 0 amide bonds. The lowest BCUT2D eigenvalue weighted by atomic mass is 9.92. The third-order valence-electron chi connectivity index (χ3n) is 10.9. The lowest BCUT2D eigenvalue weighted by Gasteiger charge is -2.15. The molecule has 3 aromatic heterocycles. The molecule has 0 unspecified atom stereocenters. The minimum Gasteiger partial charge on any atom is -0.278 e. The normalized spacial score (nSPS) is 15.2. The summed E-state index contributed by atoms with van der Waals surface area (Å²) in [5.74, 6) is -1.11. The molecule has 0 bridgehead atoms. The van der Waals surface area contributed by atoms with Crippen LogP contribution in [-0.4, -0.2) is 24.1 Å². The van der Waals surface area contributed by atoms with Crippen molar-refractivity contribution in [2.24, 2.45) is 0 Å². The van der Waals surface area contributed by atoms with Gasteiger partial charge in [-0.2, -0.15) is 15.0 Å². The number of aromatic nitrogens is 5. The van der Waals surface area contributed by atoms with E-state index in [0.29, 0.717) is 16.7 Å². The summed E-state index contributed by atoms with van der Waals surface area (Å²) in [6.45, 7) is 0. The van der Waals surface area contributed by atoms with Gasteiger partial charge in [-0.1, -0.05) is 182 Å². The Morgan fingerprint density at radius 3 is 1.10 bits per heavy atom. The zero-order chi connectivity index (χ0) is 54.9. The van der Waals surface area contributed by atoms with Crippen molar-refractivity contribution < 1.29 is 21.9 Å². The molecule has 62 heavy (non-hydrogen) atoms. The first-order valence-corrected chi connectivity index (χ1v) is 19.6. The van der Waals surface area contributed by atoms with Crippen LogP contribution in [0.2, 0.25) is 0 Å². The largest absolute Gasteiger partial charge is 0.278 e. The van der Waals surface area contributed by atoms with Gasteiger partial charge in [0.1, 0.15) is 0 Å². The number of para-hydroxylation sites is 4. The molecule has 12 rings (SSSR count). The Morgan fingerprint density at radius 2 is 0.645 bits per heavy atom. The first-order valence-electron chi connectivity index (χ1n) is 27.6. The van der Waals surface area contributed by atoms with Crippen LogP contribution >= 0.6 is 0 Å². The van der Waals surface area contributed by atoms with E-state index >= 15 is 0 Å². The quantitative estimate of drug-likeness (QED) is 0.161. The minimum absolute atomic E-state index is 0.157. The molecule has 0 aliphatic heterocycles. The number of nitrogens with zero attached hydrogens (tertiary/aromatic N) is 5. The molecule has 0 fully saturated rings. The highest BCUT2D eigenvalue weighted by Crippen LogP contribution is 2.38. The molecule has 0 spiro atoms. The third-order valence-corrected chi connectivity index (χ3v) is 10.9. The molecular weight excluding hydrogens is 755 g/mol. The van der Waals surface area contributed by atoms with Crippen molar-refractivity contribution in [2.45, 2.75) is 0 Å². The van der Waals surface area contributed by atoms with Crippen molar-refractivity contribution in [3.63, 3.8) is 0 Å². The zero-order valence-corrected chi connectivity index (χ0v) is 32.4. The molecular formula is C57H37N5. The Labute approximate surface area is 381 Å². The fraction of sp³-hybridized carbons (Fsp3) is 0. The van der Waals surface area contributed by atoms with E-state index in [9.17, 15) is 5.48 Å². The molecule has 0 aliphatic rings. The highest BCUT2D eigenvalue weighted by atomic mass is 15.3. The highest BCUT2D eigenvalue weighted by molar-refractivity contribution is 6.10. The highest BCUT2D eigenvalue weighted by Gasteiger charge is 2.21. The van der Waals surface area contributed by atoms with E-state index in [1.807, 2.05) is 91.0 Å². The molecule has 3 heterocycles. The van der Waals surface area contributed by atoms with Crippen LogP contribution in [0, 0.1) is 0 Å². The van der Waals surface area contributed by atoms with Gasteiger partial charge in [0.2, 0.25) is 11.9 Å². The van der Waals surface area contributed by atoms with Crippen molar-refractivity contribution in [3.8, 4) is 67.8 Å². The minimum atomic E-state index is -0.703. The van der Waals surface area contributed by atoms with Gasteiger partial charge < -0.3 is 0 Å². The van der Waals surface area contributed by atoms with Crippen molar-refractivity contribution in [2.75, 3.05) is 0 Å². The monoisotopic (exact) mass is 807 g/mol. The second-order valence-electron chi connectivity index (χ2n) is 14.5. The summed E-state index contributed by atoms with van der Waals surface area (Å²) >= 11 is 0. The van der Waals surface area contributed by atoms with Crippen LogP contribution in [0.3, 0.4) is 0 Å². The predicted octanol–water partition coefficient (Wildman–Crippen LogP) is 14.4. The van der Waals surface area contributed by atoms with Gasteiger partial charge in [-0.25, -0.2) is 0 Å². The van der Waals surface area contributed by atoms with Gasteiger partial charge in [0.15, 0.2) is 5.82 Å². The zero-order valence-electron chi connectivity index (χ0n) is 48.4. The Hall–Kier alpha value is -8.41. The second kappa shape index (κ2) is 14.7. The maximum absolute atomic E-state index is 9.31. The van der Waals surface area contributed by atoms with Crippen LogP contribution in [-0.2, 0) is 0 Å². The Bertz CT molecular complexity index is 4230. The van der Waals surface area contributed by atoms with E-state index in [1.165, 1.54) is 0 Å². The number of benzene rings is 9. The van der Waals surface area contributed by atoms with E-state index in [4.69, 9.17) is 31.4 Å². The van der Waals surface area contributed by atoms with E-state index in [-0.39, 0.29) is 49.4 Å².